The van der Waals surface area contributed by atoms with Gasteiger partial charge in [-0.05, 0) is 38.0 Å². The van der Waals surface area contributed by atoms with Crippen molar-refractivity contribution in [3.63, 3.8) is 0 Å². The molecule has 0 aliphatic rings. The van der Waals surface area contributed by atoms with Crippen molar-refractivity contribution < 1.29 is 9.21 Å². The summed E-state index contributed by atoms with van der Waals surface area (Å²) < 4.78 is 5.64. The van der Waals surface area contributed by atoms with E-state index in [9.17, 15) is 4.79 Å². The number of nitrogens with one attached hydrogen (secondary N) is 1. The second-order valence-electron chi connectivity index (χ2n) is 6.54. The predicted molar refractivity (Wildman–Crippen MR) is 106 cm³/mol. The van der Waals surface area contributed by atoms with Crippen LogP contribution in [0.3, 0.4) is 0 Å². The molecule has 3 aromatic rings. The molecule has 0 saturated heterocycles. The Kier molecular flexibility index (Phi) is 6.22. The summed E-state index contributed by atoms with van der Waals surface area (Å²) >= 11 is 2.86. The van der Waals surface area contributed by atoms with Gasteiger partial charge < -0.3 is 4.42 Å². The maximum absolute atomic E-state index is 12.3. The van der Waals surface area contributed by atoms with E-state index in [-0.39, 0.29) is 11.7 Å². The molecule has 3 rings (SSSR count). The van der Waals surface area contributed by atoms with E-state index in [0.717, 1.165) is 22.8 Å². The average Bonchev–Trinajstić information content (AvgIpc) is 3.21. The van der Waals surface area contributed by atoms with Gasteiger partial charge in [-0.25, -0.2) is 9.97 Å². The average molecular weight is 404 g/mol. The normalized spacial score (nSPS) is 11.1. The van der Waals surface area contributed by atoms with Crippen LogP contribution in [0.4, 0.5) is 5.13 Å². The zero-order valence-corrected chi connectivity index (χ0v) is 17.3. The summed E-state index contributed by atoms with van der Waals surface area (Å²) in [7, 11) is 0. The molecule has 27 heavy (non-hydrogen) atoms. The van der Waals surface area contributed by atoms with Crippen molar-refractivity contribution in [2.45, 2.75) is 45.0 Å². The van der Waals surface area contributed by atoms with E-state index in [2.05, 4.69) is 39.3 Å². The van der Waals surface area contributed by atoms with Gasteiger partial charge in [0, 0.05) is 17.8 Å². The smallest absolute Gasteiger partial charge is 0.293 e. The Morgan fingerprint density at radius 3 is 2.67 bits per heavy atom. The fourth-order valence-electron chi connectivity index (χ4n) is 2.37. The molecule has 1 N–H and O–H groups in total. The Balaban J connectivity index is 1.58. The standard InChI is InChI=1S/C18H21N5O2S2/c1-10(2)7-15-22-23-18(27-15)21-16(24)14-6-5-13(25-14)9-26-17-19-11(3)8-12(4)20-17/h5-6,8,10H,7,9H2,1-4H3,(H,21,23,24). The molecule has 0 aromatic carbocycles. The largest absolute Gasteiger partial charge is 0.455 e. The first-order valence-corrected chi connectivity index (χ1v) is 10.4. The quantitative estimate of drug-likeness (QED) is 0.465. The molecular weight excluding hydrogens is 382 g/mol. The number of anilines is 1. The molecular formula is C18H21N5O2S2. The van der Waals surface area contributed by atoms with Crippen LogP contribution in [0.5, 0.6) is 0 Å². The van der Waals surface area contributed by atoms with Crippen LogP contribution in [-0.2, 0) is 12.2 Å². The van der Waals surface area contributed by atoms with Crippen LogP contribution in [0.1, 0.15) is 46.6 Å². The third-order valence-corrected chi connectivity index (χ3v) is 5.19. The van der Waals surface area contributed by atoms with Crippen LogP contribution in [0, 0.1) is 19.8 Å². The van der Waals surface area contributed by atoms with Crippen LogP contribution in [0.2, 0.25) is 0 Å². The van der Waals surface area contributed by atoms with Crippen molar-refractivity contribution in [2.75, 3.05) is 5.32 Å². The number of hydrogen-bond acceptors (Lipinski definition) is 8. The Labute approximate surface area is 166 Å². The van der Waals surface area contributed by atoms with Crippen molar-refractivity contribution in [2.24, 2.45) is 5.92 Å². The van der Waals surface area contributed by atoms with Gasteiger partial charge >= 0.3 is 0 Å². The Morgan fingerprint density at radius 1 is 1.22 bits per heavy atom. The topological polar surface area (TPSA) is 93.8 Å². The number of rotatable bonds is 7. The number of furan rings is 1. The number of amides is 1. The lowest BCUT2D eigenvalue weighted by molar-refractivity contribution is 0.0995. The number of thioether (sulfide) groups is 1. The number of nitrogens with zero attached hydrogens (tertiary/aromatic N) is 4. The lowest BCUT2D eigenvalue weighted by Crippen LogP contribution is -2.10. The molecule has 3 heterocycles. The van der Waals surface area contributed by atoms with E-state index in [4.69, 9.17) is 4.42 Å². The van der Waals surface area contributed by atoms with Crippen LogP contribution in [0.25, 0.3) is 0 Å². The van der Waals surface area contributed by atoms with E-state index in [1.54, 1.807) is 12.1 Å². The Morgan fingerprint density at radius 2 is 1.96 bits per heavy atom. The zero-order valence-electron chi connectivity index (χ0n) is 15.6. The molecule has 0 radical (unpaired) electrons. The molecule has 0 bridgehead atoms. The molecule has 3 aromatic heterocycles. The maximum Gasteiger partial charge on any atom is 0.293 e. The highest BCUT2D eigenvalue weighted by Crippen LogP contribution is 2.23. The predicted octanol–water partition coefficient (Wildman–Crippen LogP) is 4.28. The summed E-state index contributed by atoms with van der Waals surface area (Å²) in [5.41, 5.74) is 1.86. The van der Waals surface area contributed by atoms with Crippen LogP contribution in [-0.4, -0.2) is 26.1 Å². The number of carbonyl (C=O) groups is 1. The molecule has 7 nitrogen and oxygen atoms in total. The minimum Gasteiger partial charge on any atom is -0.455 e. The molecule has 0 aliphatic carbocycles. The molecule has 142 valence electrons. The highest BCUT2D eigenvalue weighted by atomic mass is 32.2. The number of carbonyl (C=O) groups excluding carboxylic acids is 1. The third-order valence-electron chi connectivity index (χ3n) is 3.46. The highest BCUT2D eigenvalue weighted by Gasteiger charge is 2.15. The van der Waals surface area contributed by atoms with Gasteiger partial charge in [0.15, 0.2) is 10.9 Å². The van der Waals surface area contributed by atoms with E-state index < -0.39 is 0 Å². The zero-order chi connectivity index (χ0) is 19.4. The molecule has 0 atom stereocenters. The first kappa shape index (κ1) is 19.5. The van der Waals surface area contributed by atoms with Gasteiger partial charge in [0.2, 0.25) is 5.13 Å². The molecule has 0 unspecified atom stereocenters. The molecule has 0 spiro atoms. The number of aryl methyl sites for hydroxylation is 2. The van der Waals surface area contributed by atoms with Crippen molar-refractivity contribution in [3.8, 4) is 0 Å². The summed E-state index contributed by atoms with van der Waals surface area (Å²) in [6, 6.07) is 5.37. The minimum atomic E-state index is -0.332. The summed E-state index contributed by atoms with van der Waals surface area (Å²) in [5.74, 6) is 1.64. The first-order chi connectivity index (χ1) is 12.9. The lowest BCUT2D eigenvalue weighted by Gasteiger charge is -2.01. The number of aromatic nitrogens is 4. The summed E-state index contributed by atoms with van der Waals surface area (Å²) in [4.78, 5) is 21.1. The van der Waals surface area contributed by atoms with Gasteiger partial charge in [0.1, 0.15) is 10.8 Å². The van der Waals surface area contributed by atoms with Gasteiger partial charge in [-0.15, -0.1) is 10.2 Å². The Hall–Kier alpha value is -2.26. The van der Waals surface area contributed by atoms with E-state index in [0.29, 0.717) is 27.7 Å². The highest BCUT2D eigenvalue weighted by molar-refractivity contribution is 7.98. The summed E-state index contributed by atoms with van der Waals surface area (Å²) in [5, 5.41) is 12.9. The Bertz CT molecular complexity index is 915. The van der Waals surface area contributed by atoms with E-state index >= 15 is 0 Å². The molecule has 9 heteroatoms. The molecule has 0 aliphatic heterocycles. The van der Waals surface area contributed by atoms with Crippen LogP contribution < -0.4 is 5.32 Å². The van der Waals surface area contributed by atoms with Crippen molar-refractivity contribution in [1.82, 2.24) is 20.2 Å². The second kappa shape index (κ2) is 8.62. The van der Waals surface area contributed by atoms with Crippen molar-refractivity contribution in [3.05, 3.63) is 46.1 Å². The van der Waals surface area contributed by atoms with Crippen LogP contribution in [0.15, 0.2) is 27.8 Å². The van der Waals surface area contributed by atoms with Gasteiger partial charge in [-0.1, -0.05) is 36.9 Å². The second-order valence-corrected chi connectivity index (χ2v) is 8.55. The van der Waals surface area contributed by atoms with Crippen molar-refractivity contribution >= 4 is 34.1 Å². The molecule has 0 fully saturated rings. The molecule has 1 amide bonds. The summed E-state index contributed by atoms with van der Waals surface area (Å²) in [6.45, 7) is 8.11. The fraction of sp³-hybridized carbons (Fsp3) is 0.389. The molecule has 0 saturated carbocycles. The number of hydrogen-bond donors (Lipinski definition) is 1. The minimum absolute atomic E-state index is 0.243. The lowest BCUT2D eigenvalue weighted by atomic mass is 10.1. The van der Waals surface area contributed by atoms with Gasteiger partial charge in [0.05, 0.1) is 5.75 Å². The van der Waals surface area contributed by atoms with Gasteiger partial charge in [-0.3, -0.25) is 10.1 Å². The fourth-order valence-corrected chi connectivity index (χ4v) is 4.16. The van der Waals surface area contributed by atoms with E-state index in [1.807, 2.05) is 19.9 Å². The monoisotopic (exact) mass is 403 g/mol. The SMILES string of the molecule is Cc1cc(C)nc(SCc2ccc(C(=O)Nc3nnc(CC(C)C)s3)o2)n1. The third kappa shape index (κ3) is 5.61. The van der Waals surface area contributed by atoms with Crippen molar-refractivity contribution in [1.29, 1.82) is 0 Å². The van der Waals surface area contributed by atoms with E-state index in [1.165, 1.54) is 23.1 Å². The first-order valence-electron chi connectivity index (χ1n) is 8.56. The van der Waals surface area contributed by atoms with Gasteiger partial charge in [-0.2, -0.15) is 0 Å². The van der Waals surface area contributed by atoms with Crippen LogP contribution >= 0.6 is 23.1 Å². The van der Waals surface area contributed by atoms with Gasteiger partial charge in [0.25, 0.3) is 5.91 Å². The maximum atomic E-state index is 12.3. The summed E-state index contributed by atoms with van der Waals surface area (Å²) in [6.07, 6.45) is 0.843.